The van der Waals surface area contributed by atoms with Crippen molar-refractivity contribution in [3.63, 3.8) is 0 Å². The van der Waals surface area contributed by atoms with Crippen LogP contribution in [0.4, 0.5) is 5.69 Å². The van der Waals surface area contributed by atoms with E-state index in [0.29, 0.717) is 12.1 Å². The molecule has 5 nitrogen and oxygen atoms in total. The fourth-order valence-electron chi connectivity index (χ4n) is 1.96. The van der Waals surface area contributed by atoms with Gasteiger partial charge in [-0.15, -0.1) is 0 Å². The van der Waals surface area contributed by atoms with E-state index in [0.717, 1.165) is 11.3 Å². The quantitative estimate of drug-likeness (QED) is 0.763. The Labute approximate surface area is 140 Å². The van der Waals surface area contributed by atoms with Crippen molar-refractivity contribution >= 4 is 28.9 Å². The highest BCUT2D eigenvalue weighted by Gasteiger charge is 2.14. The molecule has 1 heterocycles. The largest absolute Gasteiger partial charge is 0.452 e. The topological polar surface area (TPSA) is 49.9 Å². The lowest BCUT2D eigenvalue weighted by atomic mass is 10.2. The molecule has 0 N–H and O–H groups in total. The fourth-order valence-corrected chi connectivity index (χ4v) is 2.62. The van der Waals surface area contributed by atoms with Crippen LogP contribution >= 0.6 is 11.3 Å². The zero-order valence-electron chi connectivity index (χ0n) is 13.5. The number of carbonyl (C=O) groups excluding carboxylic acids is 2. The van der Waals surface area contributed by atoms with Gasteiger partial charge in [0.05, 0.1) is 5.56 Å². The van der Waals surface area contributed by atoms with Gasteiger partial charge in [0.2, 0.25) is 0 Å². The van der Waals surface area contributed by atoms with Crippen molar-refractivity contribution in [3.05, 3.63) is 52.2 Å². The first kappa shape index (κ1) is 17.0. The Morgan fingerprint density at radius 3 is 2.35 bits per heavy atom. The average Bonchev–Trinajstić information content (AvgIpc) is 3.05. The first-order chi connectivity index (χ1) is 11.0. The van der Waals surface area contributed by atoms with E-state index in [1.807, 2.05) is 48.0 Å². The molecule has 0 atom stereocenters. The fraction of sp³-hybridized carbons (Fsp3) is 0.294. The summed E-state index contributed by atoms with van der Waals surface area (Å²) < 4.78 is 5.09. The summed E-state index contributed by atoms with van der Waals surface area (Å²) >= 11 is 1.59. The molecule has 0 aliphatic carbocycles. The van der Waals surface area contributed by atoms with E-state index in [4.69, 9.17) is 4.74 Å². The van der Waals surface area contributed by atoms with E-state index < -0.39 is 5.97 Å². The number of amides is 1. The number of carbonyl (C=O) groups is 2. The second-order valence-electron chi connectivity index (χ2n) is 5.40. The molecule has 1 amide bonds. The molecule has 2 aromatic rings. The molecule has 0 saturated carbocycles. The normalized spacial score (nSPS) is 10.2. The van der Waals surface area contributed by atoms with Crippen LogP contribution in [-0.4, -0.2) is 44.5 Å². The predicted octanol–water partition coefficient (Wildman–Crippen LogP) is 2.63. The van der Waals surface area contributed by atoms with Gasteiger partial charge in [-0.05, 0) is 46.7 Å². The molecule has 0 aliphatic rings. The number of benzene rings is 1. The Balaban J connectivity index is 1.84. The third-order valence-electron chi connectivity index (χ3n) is 3.37. The van der Waals surface area contributed by atoms with Gasteiger partial charge in [-0.1, -0.05) is 0 Å². The Morgan fingerprint density at radius 2 is 1.78 bits per heavy atom. The van der Waals surface area contributed by atoms with Gasteiger partial charge in [0.1, 0.15) is 0 Å². The number of rotatable bonds is 6. The molecule has 23 heavy (non-hydrogen) atoms. The molecule has 0 spiro atoms. The lowest BCUT2D eigenvalue weighted by Crippen LogP contribution is -2.30. The maximum atomic E-state index is 12.0. The van der Waals surface area contributed by atoms with Gasteiger partial charge in [-0.25, -0.2) is 4.79 Å². The van der Waals surface area contributed by atoms with E-state index in [1.165, 1.54) is 0 Å². The van der Waals surface area contributed by atoms with Crippen molar-refractivity contribution in [2.45, 2.75) is 6.54 Å². The maximum Gasteiger partial charge on any atom is 0.338 e. The van der Waals surface area contributed by atoms with Crippen LogP contribution in [0.1, 0.15) is 15.9 Å². The molecule has 0 bridgehead atoms. The Hall–Kier alpha value is -2.34. The van der Waals surface area contributed by atoms with Crippen LogP contribution in [0.15, 0.2) is 41.1 Å². The molecule has 0 saturated heterocycles. The average molecular weight is 332 g/mol. The molecule has 6 heteroatoms. The number of ether oxygens (including phenoxy) is 1. The van der Waals surface area contributed by atoms with Gasteiger partial charge >= 0.3 is 5.97 Å². The Morgan fingerprint density at radius 1 is 1.09 bits per heavy atom. The summed E-state index contributed by atoms with van der Waals surface area (Å²) in [6, 6.07) is 9.02. The number of hydrogen-bond acceptors (Lipinski definition) is 5. The van der Waals surface area contributed by atoms with Crippen LogP contribution < -0.4 is 4.90 Å². The second kappa shape index (κ2) is 7.78. The van der Waals surface area contributed by atoms with Crippen molar-refractivity contribution < 1.29 is 14.3 Å². The monoisotopic (exact) mass is 332 g/mol. The molecular formula is C17H20N2O3S. The minimum Gasteiger partial charge on any atom is -0.452 e. The summed E-state index contributed by atoms with van der Waals surface area (Å²) in [5, 5.41) is 3.95. The molecule has 2 rings (SSSR count). The van der Waals surface area contributed by atoms with Crippen molar-refractivity contribution in [1.82, 2.24) is 4.90 Å². The summed E-state index contributed by atoms with van der Waals surface area (Å²) in [5.41, 5.74) is 2.49. The van der Waals surface area contributed by atoms with E-state index in [1.54, 1.807) is 35.4 Å². The van der Waals surface area contributed by atoms with Crippen molar-refractivity contribution in [2.24, 2.45) is 0 Å². The van der Waals surface area contributed by atoms with E-state index in [9.17, 15) is 9.59 Å². The second-order valence-corrected chi connectivity index (χ2v) is 6.18. The van der Waals surface area contributed by atoms with Crippen LogP contribution in [0.5, 0.6) is 0 Å². The maximum absolute atomic E-state index is 12.0. The molecule has 122 valence electrons. The number of thiophene rings is 1. The van der Waals surface area contributed by atoms with Gasteiger partial charge < -0.3 is 14.5 Å². The molecule has 0 fully saturated rings. The van der Waals surface area contributed by atoms with Crippen LogP contribution in [0.3, 0.4) is 0 Å². The smallest absolute Gasteiger partial charge is 0.338 e. The lowest BCUT2D eigenvalue weighted by molar-refractivity contribution is -0.133. The summed E-state index contributed by atoms with van der Waals surface area (Å²) in [5.74, 6) is -0.720. The van der Waals surface area contributed by atoms with Gasteiger partial charge in [0.15, 0.2) is 6.61 Å². The Bertz CT molecular complexity index is 651. The van der Waals surface area contributed by atoms with Crippen LogP contribution in [-0.2, 0) is 16.1 Å². The number of hydrogen-bond donors (Lipinski definition) is 0. The molecule has 0 aliphatic heterocycles. The first-order valence-corrected chi connectivity index (χ1v) is 8.11. The Kier molecular flexibility index (Phi) is 5.76. The summed E-state index contributed by atoms with van der Waals surface area (Å²) in [6.07, 6.45) is 0. The van der Waals surface area contributed by atoms with E-state index >= 15 is 0 Å². The van der Waals surface area contributed by atoms with Gasteiger partial charge in [0, 0.05) is 33.4 Å². The standard InChI is InChI=1S/C17H20N2O3S/c1-18(2)15-6-4-14(5-7-15)17(21)22-11-16(20)19(3)10-13-8-9-23-12-13/h4-9,12H,10-11H2,1-3H3. The van der Waals surface area contributed by atoms with E-state index in [-0.39, 0.29) is 12.5 Å². The van der Waals surface area contributed by atoms with Crippen LogP contribution in [0.2, 0.25) is 0 Å². The highest BCUT2D eigenvalue weighted by atomic mass is 32.1. The highest BCUT2D eigenvalue weighted by molar-refractivity contribution is 7.07. The molecule has 1 aromatic heterocycles. The minimum atomic E-state index is -0.493. The number of esters is 1. The third-order valence-corrected chi connectivity index (χ3v) is 4.10. The van der Waals surface area contributed by atoms with Crippen molar-refractivity contribution in [1.29, 1.82) is 0 Å². The number of nitrogens with zero attached hydrogens (tertiary/aromatic N) is 2. The molecule has 0 radical (unpaired) electrons. The SMILES string of the molecule is CN(Cc1ccsc1)C(=O)COC(=O)c1ccc(N(C)C)cc1. The van der Waals surface area contributed by atoms with Crippen molar-refractivity contribution in [2.75, 3.05) is 32.6 Å². The van der Waals surface area contributed by atoms with Crippen LogP contribution in [0, 0.1) is 0 Å². The number of anilines is 1. The zero-order valence-corrected chi connectivity index (χ0v) is 14.3. The van der Waals surface area contributed by atoms with Crippen LogP contribution in [0.25, 0.3) is 0 Å². The van der Waals surface area contributed by atoms with Gasteiger partial charge in [-0.2, -0.15) is 11.3 Å². The molecule has 1 aromatic carbocycles. The number of likely N-dealkylation sites (N-methyl/N-ethyl adjacent to an activating group) is 1. The lowest BCUT2D eigenvalue weighted by Gasteiger charge is -2.16. The summed E-state index contributed by atoms with van der Waals surface area (Å²) in [6.45, 7) is 0.256. The third kappa shape index (κ3) is 4.82. The minimum absolute atomic E-state index is 0.227. The molecule has 0 unspecified atom stereocenters. The summed E-state index contributed by atoms with van der Waals surface area (Å²) in [7, 11) is 5.55. The zero-order chi connectivity index (χ0) is 16.8. The predicted molar refractivity (Wildman–Crippen MR) is 91.8 cm³/mol. The van der Waals surface area contributed by atoms with Gasteiger partial charge in [0.25, 0.3) is 5.91 Å². The summed E-state index contributed by atoms with van der Waals surface area (Å²) in [4.78, 5) is 27.4. The van der Waals surface area contributed by atoms with E-state index in [2.05, 4.69) is 0 Å². The van der Waals surface area contributed by atoms with Crippen molar-refractivity contribution in [3.8, 4) is 0 Å². The highest BCUT2D eigenvalue weighted by Crippen LogP contribution is 2.13. The van der Waals surface area contributed by atoms with Gasteiger partial charge in [-0.3, -0.25) is 4.79 Å². The first-order valence-electron chi connectivity index (χ1n) is 7.17. The molecular weight excluding hydrogens is 312 g/mol.